The minimum atomic E-state index is -2.65. The zero-order valence-electron chi connectivity index (χ0n) is 6.95. The van der Waals surface area contributed by atoms with E-state index in [-0.39, 0.29) is 18.4 Å². The summed E-state index contributed by atoms with van der Waals surface area (Å²) in [7, 11) is -2.65. The van der Waals surface area contributed by atoms with E-state index in [9.17, 15) is 9.11 Å². The molecule has 0 bridgehead atoms. The molecule has 0 spiro atoms. The van der Waals surface area contributed by atoms with E-state index in [4.69, 9.17) is 5.11 Å². The van der Waals surface area contributed by atoms with Gasteiger partial charge in [-0.05, 0) is 20.3 Å². The molecule has 0 saturated carbocycles. The van der Waals surface area contributed by atoms with Crippen molar-refractivity contribution in [1.29, 1.82) is 0 Å². The molecule has 0 fully saturated rings. The number of hydrogen-bond acceptors (Lipinski definition) is 4. The van der Waals surface area contributed by atoms with Crippen molar-refractivity contribution < 1.29 is 14.2 Å². The average Bonchev–Trinajstić information content (AvgIpc) is 1.81. The zero-order chi connectivity index (χ0) is 8.91. The van der Waals surface area contributed by atoms with Crippen LogP contribution >= 0.6 is 10.8 Å². The Morgan fingerprint density at radius 3 is 2.27 bits per heavy atom. The highest BCUT2D eigenvalue weighted by molar-refractivity contribution is 8.22. The second kappa shape index (κ2) is 4.95. The number of aliphatic hydroxyl groups excluding tert-OH is 1. The maximum Gasteiger partial charge on any atom is 0.0550 e. The molecule has 0 aromatic heterocycles. The predicted octanol–water partition coefficient (Wildman–Crippen LogP) is 1.03. The van der Waals surface area contributed by atoms with Crippen LogP contribution in [0.1, 0.15) is 20.3 Å². The highest BCUT2D eigenvalue weighted by Crippen LogP contribution is 2.34. The van der Waals surface area contributed by atoms with Crippen LogP contribution in [0.15, 0.2) is 0 Å². The highest BCUT2D eigenvalue weighted by atomic mass is 32.3. The fourth-order valence-corrected chi connectivity index (χ4v) is 2.11. The summed E-state index contributed by atoms with van der Waals surface area (Å²) in [5.41, 5.74) is 0. The van der Waals surface area contributed by atoms with Gasteiger partial charge in [0.1, 0.15) is 0 Å². The van der Waals surface area contributed by atoms with E-state index in [0.717, 1.165) is 0 Å². The topological polar surface area (TPSA) is 72.7 Å². The van der Waals surface area contributed by atoms with E-state index in [1.54, 1.807) is 0 Å². The molecule has 11 heavy (non-hydrogen) atoms. The molecule has 0 saturated heterocycles. The summed E-state index contributed by atoms with van der Waals surface area (Å²) in [6, 6.07) is 0.0543. The smallest absolute Gasteiger partial charge is 0.0550 e. The Bertz CT molecular complexity index is 108. The Labute approximate surface area is 69.1 Å². The molecule has 0 aliphatic heterocycles. The monoisotopic (exact) mass is 183 g/mol. The average molecular weight is 183 g/mol. The minimum Gasteiger partial charge on any atom is -0.396 e. The van der Waals surface area contributed by atoms with Crippen LogP contribution in [0.25, 0.3) is 0 Å². The largest absolute Gasteiger partial charge is 0.396 e. The maximum absolute atomic E-state index is 9.23. The number of aliphatic hydroxyl groups is 1. The van der Waals surface area contributed by atoms with Crippen LogP contribution in [0, 0.1) is 0 Å². The molecular formula is C6H17NO3S. The Morgan fingerprint density at radius 1 is 1.36 bits per heavy atom. The van der Waals surface area contributed by atoms with Gasteiger partial charge < -0.3 is 5.11 Å². The standard InChI is InChI=1S/C6H17NO3S/c1-6(2)7-11(9,10)5-3-4-8/h6-10H,3-5H2,1-2H3. The molecule has 0 amide bonds. The summed E-state index contributed by atoms with van der Waals surface area (Å²) >= 11 is 0. The van der Waals surface area contributed by atoms with Crippen LogP contribution in [0.3, 0.4) is 0 Å². The summed E-state index contributed by atoms with van der Waals surface area (Å²) in [6.45, 7) is 3.68. The van der Waals surface area contributed by atoms with Crippen molar-refractivity contribution in [2.75, 3.05) is 12.4 Å². The Hall–Kier alpha value is 0.190. The van der Waals surface area contributed by atoms with Crippen molar-refractivity contribution in [2.24, 2.45) is 0 Å². The third kappa shape index (κ3) is 6.58. The van der Waals surface area contributed by atoms with E-state index in [1.807, 2.05) is 13.8 Å². The first-order valence-electron chi connectivity index (χ1n) is 3.62. The number of rotatable bonds is 5. The quantitative estimate of drug-likeness (QED) is 0.514. The lowest BCUT2D eigenvalue weighted by molar-refractivity contribution is 0.293. The summed E-state index contributed by atoms with van der Waals surface area (Å²) in [6.07, 6.45) is 0.419. The van der Waals surface area contributed by atoms with Gasteiger partial charge in [-0.3, -0.25) is 9.11 Å². The van der Waals surface area contributed by atoms with E-state index in [1.165, 1.54) is 0 Å². The van der Waals surface area contributed by atoms with Crippen molar-refractivity contribution in [1.82, 2.24) is 4.72 Å². The molecule has 70 valence electrons. The van der Waals surface area contributed by atoms with E-state index < -0.39 is 10.8 Å². The van der Waals surface area contributed by atoms with Gasteiger partial charge in [0.25, 0.3) is 0 Å². The molecule has 0 unspecified atom stereocenters. The summed E-state index contributed by atoms with van der Waals surface area (Å²) in [5.74, 6) is 0.224. The SMILES string of the molecule is CC(C)NS(O)(O)CCCO. The first-order chi connectivity index (χ1) is 4.98. The third-order valence-electron chi connectivity index (χ3n) is 1.01. The van der Waals surface area contributed by atoms with Gasteiger partial charge in [-0.15, -0.1) is 10.8 Å². The second-order valence-electron chi connectivity index (χ2n) is 2.72. The molecule has 4 nitrogen and oxygen atoms in total. The lowest BCUT2D eigenvalue weighted by Gasteiger charge is -2.34. The molecule has 0 rings (SSSR count). The zero-order valence-corrected chi connectivity index (χ0v) is 7.77. The molecule has 0 aromatic rings. The van der Waals surface area contributed by atoms with Crippen LogP contribution in [0.2, 0.25) is 0 Å². The maximum atomic E-state index is 9.23. The lowest BCUT2D eigenvalue weighted by Crippen LogP contribution is -2.28. The molecule has 0 aliphatic carbocycles. The van der Waals surface area contributed by atoms with Gasteiger partial charge in [-0.1, -0.05) is 0 Å². The second-order valence-corrected chi connectivity index (χ2v) is 4.70. The lowest BCUT2D eigenvalue weighted by atomic mass is 10.4. The molecule has 0 atom stereocenters. The van der Waals surface area contributed by atoms with Gasteiger partial charge in [-0.2, -0.15) is 0 Å². The van der Waals surface area contributed by atoms with E-state index in [2.05, 4.69) is 4.72 Å². The first kappa shape index (κ1) is 11.2. The molecule has 0 radical (unpaired) electrons. The fraction of sp³-hybridized carbons (Fsp3) is 1.00. The summed E-state index contributed by atoms with van der Waals surface area (Å²) in [4.78, 5) is 0. The van der Waals surface area contributed by atoms with Gasteiger partial charge in [0.2, 0.25) is 0 Å². The van der Waals surface area contributed by atoms with Crippen molar-refractivity contribution in [3.05, 3.63) is 0 Å². The number of nitrogens with one attached hydrogen (secondary N) is 1. The normalized spacial score (nSPS) is 14.0. The van der Waals surface area contributed by atoms with Crippen LogP contribution in [0.4, 0.5) is 0 Å². The van der Waals surface area contributed by atoms with Crippen molar-refractivity contribution in [3.8, 4) is 0 Å². The van der Waals surface area contributed by atoms with E-state index >= 15 is 0 Å². The van der Waals surface area contributed by atoms with Gasteiger partial charge in [-0.25, -0.2) is 4.72 Å². The van der Waals surface area contributed by atoms with Gasteiger partial charge in [0, 0.05) is 12.6 Å². The summed E-state index contributed by atoms with van der Waals surface area (Å²) in [5, 5.41) is 8.43. The fourth-order valence-electron chi connectivity index (χ4n) is 0.702. The van der Waals surface area contributed by atoms with Crippen molar-refractivity contribution >= 4 is 10.8 Å². The molecular weight excluding hydrogens is 166 g/mol. The summed E-state index contributed by atoms with van der Waals surface area (Å²) < 4.78 is 21.1. The Morgan fingerprint density at radius 2 is 1.91 bits per heavy atom. The van der Waals surface area contributed by atoms with Crippen molar-refractivity contribution in [3.63, 3.8) is 0 Å². The van der Waals surface area contributed by atoms with Gasteiger partial charge >= 0.3 is 0 Å². The van der Waals surface area contributed by atoms with Crippen LogP contribution < -0.4 is 4.72 Å². The van der Waals surface area contributed by atoms with Crippen LogP contribution in [-0.2, 0) is 0 Å². The molecule has 5 heteroatoms. The number of hydrogen-bond donors (Lipinski definition) is 4. The third-order valence-corrected chi connectivity index (χ3v) is 2.72. The predicted molar refractivity (Wildman–Crippen MR) is 47.7 cm³/mol. The van der Waals surface area contributed by atoms with Crippen molar-refractivity contribution in [2.45, 2.75) is 26.3 Å². The Balaban J connectivity index is 3.61. The molecule has 0 aliphatic rings. The molecule has 0 heterocycles. The molecule has 0 aromatic carbocycles. The van der Waals surface area contributed by atoms with Gasteiger partial charge in [0.15, 0.2) is 0 Å². The first-order valence-corrected chi connectivity index (χ1v) is 5.33. The van der Waals surface area contributed by atoms with Crippen LogP contribution in [-0.4, -0.2) is 32.6 Å². The van der Waals surface area contributed by atoms with Crippen LogP contribution in [0.5, 0.6) is 0 Å². The minimum absolute atomic E-state index is 0.00432. The van der Waals surface area contributed by atoms with Gasteiger partial charge in [0.05, 0.1) is 5.75 Å². The molecule has 4 N–H and O–H groups in total. The highest BCUT2D eigenvalue weighted by Gasteiger charge is 2.11. The van der Waals surface area contributed by atoms with E-state index in [0.29, 0.717) is 6.42 Å². The Kier molecular flexibility index (Phi) is 5.03.